The number of unbranched alkanes of at least 4 members (excludes halogenated alkanes) is 16. The van der Waals surface area contributed by atoms with Crippen molar-refractivity contribution in [3.8, 4) is 0 Å². The number of allylic oxidation sites excluding steroid dienone is 4. The zero-order valence-electron chi connectivity index (χ0n) is 41.3. The molecule has 3 rings (SSSR count). The van der Waals surface area contributed by atoms with Gasteiger partial charge in [-0.05, 0) is 44.9 Å². The van der Waals surface area contributed by atoms with Crippen molar-refractivity contribution < 1.29 is 89.4 Å². The van der Waals surface area contributed by atoms with Gasteiger partial charge in [0.1, 0.15) is 73.2 Å². The molecule has 3 saturated heterocycles. The van der Waals surface area contributed by atoms with E-state index in [1.54, 1.807) is 0 Å². The zero-order valence-corrected chi connectivity index (χ0v) is 41.3. The average Bonchev–Trinajstić information content (AvgIpc) is 3.34. The first kappa shape index (κ1) is 61.6. The average molecular weight is 994 g/mol. The Bertz CT molecular complexity index is 1380. The first-order valence-corrected chi connectivity index (χ1v) is 26.1. The van der Waals surface area contributed by atoms with E-state index in [4.69, 9.17) is 28.4 Å². The highest BCUT2D eigenvalue weighted by Gasteiger charge is 2.53. The van der Waals surface area contributed by atoms with Crippen LogP contribution in [0.2, 0.25) is 0 Å². The Morgan fingerprint density at radius 3 is 1.51 bits per heavy atom. The highest BCUT2D eigenvalue weighted by molar-refractivity contribution is 5.76. The number of rotatable bonds is 36. The lowest BCUT2D eigenvalue weighted by molar-refractivity contribution is -0.379. The molecule has 0 aromatic heterocycles. The molecule has 0 aliphatic carbocycles. The summed E-state index contributed by atoms with van der Waals surface area (Å²) in [5, 5.41) is 119. The predicted molar refractivity (Wildman–Crippen MR) is 254 cm³/mol. The fourth-order valence-corrected chi connectivity index (χ4v) is 8.87. The number of aliphatic hydroxyl groups is 11. The second kappa shape index (κ2) is 35.4. The molecule has 69 heavy (non-hydrogen) atoms. The second-order valence-corrected chi connectivity index (χ2v) is 19.0. The Balaban J connectivity index is 1.51. The largest absolute Gasteiger partial charge is 0.394 e. The third-order valence-electron chi connectivity index (χ3n) is 13.3. The van der Waals surface area contributed by atoms with Crippen molar-refractivity contribution in [1.82, 2.24) is 5.32 Å². The lowest BCUT2D eigenvalue weighted by Crippen LogP contribution is -2.66. The molecule has 0 spiro atoms. The molecule has 0 radical (unpaired) electrons. The summed E-state index contributed by atoms with van der Waals surface area (Å²) in [6.45, 7) is 1.66. The van der Waals surface area contributed by atoms with Gasteiger partial charge in [-0.2, -0.15) is 0 Å². The molecule has 0 aromatic carbocycles. The first-order chi connectivity index (χ1) is 33.3. The van der Waals surface area contributed by atoms with Crippen molar-refractivity contribution in [3.05, 3.63) is 24.3 Å². The van der Waals surface area contributed by atoms with Gasteiger partial charge in [0.2, 0.25) is 5.91 Å². The van der Waals surface area contributed by atoms with E-state index in [9.17, 15) is 61.0 Å². The van der Waals surface area contributed by atoms with E-state index in [1.807, 2.05) is 0 Å². The van der Waals surface area contributed by atoms with Gasteiger partial charge in [-0.25, -0.2) is 0 Å². The van der Waals surface area contributed by atoms with E-state index in [0.29, 0.717) is 12.8 Å². The summed E-state index contributed by atoms with van der Waals surface area (Å²) >= 11 is 0. The highest BCUT2D eigenvalue weighted by Crippen LogP contribution is 2.33. The molecule has 0 saturated carbocycles. The quantitative estimate of drug-likeness (QED) is 0.0316. The van der Waals surface area contributed by atoms with Crippen LogP contribution in [0.3, 0.4) is 0 Å². The van der Waals surface area contributed by atoms with Crippen LogP contribution in [0, 0.1) is 0 Å². The number of carbonyl (C=O) groups is 1. The minimum absolute atomic E-state index is 0.257. The van der Waals surface area contributed by atoms with Gasteiger partial charge in [0.15, 0.2) is 18.9 Å². The first-order valence-electron chi connectivity index (χ1n) is 26.1. The molecule has 3 aliphatic rings. The van der Waals surface area contributed by atoms with Gasteiger partial charge in [0.05, 0.1) is 38.6 Å². The van der Waals surface area contributed by atoms with Crippen molar-refractivity contribution in [2.45, 2.75) is 259 Å². The van der Waals surface area contributed by atoms with Crippen molar-refractivity contribution in [1.29, 1.82) is 0 Å². The topological polar surface area (TPSA) is 307 Å². The van der Waals surface area contributed by atoms with E-state index >= 15 is 0 Å². The van der Waals surface area contributed by atoms with Gasteiger partial charge in [0, 0.05) is 6.42 Å². The summed E-state index contributed by atoms with van der Waals surface area (Å²) in [7, 11) is 0. The number of hydrogen-bond acceptors (Lipinski definition) is 18. The number of nitrogens with one attached hydrogen (secondary N) is 1. The minimum Gasteiger partial charge on any atom is -0.394 e. The monoisotopic (exact) mass is 994 g/mol. The Labute approximate surface area is 409 Å². The van der Waals surface area contributed by atoms with E-state index in [-0.39, 0.29) is 18.9 Å². The van der Waals surface area contributed by atoms with Crippen LogP contribution in [-0.4, -0.2) is 193 Å². The van der Waals surface area contributed by atoms with Gasteiger partial charge >= 0.3 is 0 Å². The SMILES string of the molecule is CCCCC/C=C\C/C=C\CCCCCCCCCC(=O)NC(COC1OC(CO)C(OC2OC(CO)C(OC3OC(CO)C(O)C(O)C3O)C(O)C2O)C(O)C1O)C(O)CCCCCCCCC. The molecule has 3 aliphatic heterocycles. The van der Waals surface area contributed by atoms with Crippen molar-refractivity contribution in [2.24, 2.45) is 0 Å². The molecular formula is C50H91NO18. The standard InChI is InChI=1S/C50H91NO18/c1-3-5-7-9-11-12-13-14-15-16-17-18-19-20-22-24-26-28-38(56)51-33(34(55)27-25-23-21-10-8-6-4-2)32-64-48-44(62)41(59)46(36(30-53)66-48)69-50-45(63)42(60)47(37(31-54)67-50)68-49-43(61)40(58)39(57)35(29-52)65-49/h11-12,14-15,33-37,39-50,52-55,57-63H,3-10,13,16-32H2,1-2H3,(H,51,56)/b12-11-,15-14-. The molecule has 0 bridgehead atoms. The maximum atomic E-state index is 13.2. The van der Waals surface area contributed by atoms with Crippen LogP contribution in [0.1, 0.15) is 155 Å². The van der Waals surface area contributed by atoms with Crippen LogP contribution in [0.5, 0.6) is 0 Å². The van der Waals surface area contributed by atoms with Gasteiger partial charge in [-0.15, -0.1) is 0 Å². The fourth-order valence-electron chi connectivity index (χ4n) is 8.87. The van der Waals surface area contributed by atoms with E-state index in [0.717, 1.165) is 89.9 Å². The van der Waals surface area contributed by atoms with Gasteiger partial charge in [-0.3, -0.25) is 4.79 Å². The fraction of sp³-hybridized carbons (Fsp3) is 0.900. The number of amides is 1. The summed E-state index contributed by atoms with van der Waals surface area (Å²) < 4.78 is 34.1. The Kier molecular flexibility index (Phi) is 31.6. The van der Waals surface area contributed by atoms with Crippen LogP contribution in [0.4, 0.5) is 0 Å². The van der Waals surface area contributed by atoms with Gasteiger partial charge < -0.3 is 89.9 Å². The van der Waals surface area contributed by atoms with Crippen LogP contribution < -0.4 is 5.32 Å². The van der Waals surface area contributed by atoms with Crippen LogP contribution >= 0.6 is 0 Å². The van der Waals surface area contributed by atoms with Crippen LogP contribution in [-0.2, 0) is 33.2 Å². The maximum absolute atomic E-state index is 13.2. The molecule has 0 aromatic rings. The second-order valence-electron chi connectivity index (χ2n) is 19.0. The molecule has 3 fully saturated rings. The number of ether oxygens (including phenoxy) is 6. The molecule has 12 N–H and O–H groups in total. The van der Waals surface area contributed by atoms with Crippen molar-refractivity contribution >= 4 is 5.91 Å². The summed E-state index contributed by atoms with van der Waals surface area (Å²) in [5.41, 5.74) is 0. The Morgan fingerprint density at radius 2 is 0.957 bits per heavy atom. The van der Waals surface area contributed by atoms with E-state index in [2.05, 4.69) is 43.5 Å². The molecule has 17 unspecified atom stereocenters. The summed E-state index contributed by atoms with van der Waals surface area (Å²) in [6, 6.07) is -0.885. The van der Waals surface area contributed by atoms with Gasteiger partial charge in [-0.1, -0.05) is 128 Å². The highest BCUT2D eigenvalue weighted by atomic mass is 16.8. The molecule has 17 atom stereocenters. The lowest BCUT2D eigenvalue weighted by atomic mass is 9.96. The minimum atomic E-state index is -1.97. The predicted octanol–water partition coefficient (Wildman–Crippen LogP) is 2.03. The Hall–Kier alpha value is -1.73. The smallest absolute Gasteiger partial charge is 0.220 e. The Morgan fingerprint density at radius 1 is 0.522 bits per heavy atom. The summed E-state index contributed by atoms with van der Waals surface area (Å²) in [6.07, 6.45) is 4.58. The molecule has 19 nitrogen and oxygen atoms in total. The van der Waals surface area contributed by atoms with Crippen LogP contribution in [0.25, 0.3) is 0 Å². The number of carbonyl (C=O) groups excluding carboxylic acids is 1. The normalized spacial score (nSPS) is 33.0. The maximum Gasteiger partial charge on any atom is 0.220 e. The van der Waals surface area contributed by atoms with Crippen LogP contribution in [0.15, 0.2) is 24.3 Å². The molecular weight excluding hydrogens is 903 g/mol. The van der Waals surface area contributed by atoms with E-state index in [1.165, 1.54) is 32.1 Å². The number of hydrogen-bond donors (Lipinski definition) is 12. The lowest BCUT2D eigenvalue weighted by Gasteiger charge is -2.48. The summed E-state index contributed by atoms with van der Waals surface area (Å²) in [5.74, 6) is -0.258. The number of aliphatic hydroxyl groups excluding tert-OH is 11. The summed E-state index contributed by atoms with van der Waals surface area (Å²) in [4.78, 5) is 13.2. The third kappa shape index (κ3) is 21.3. The van der Waals surface area contributed by atoms with Crippen molar-refractivity contribution in [2.75, 3.05) is 26.4 Å². The molecule has 19 heteroatoms. The zero-order chi connectivity index (χ0) is 50.6. The van der Waals surface area contributed by atoms with E-state index < -0.39 is 124 Å². The van der Waals surface area contributed by atoms with Gasteiger partial charge in [0.25, 0.3) is 0 Å². The van der Waals surface area contributed by atoms with Crippen molar-refractivity contribution in [3.63, 3.8) is 0 Å². The third-order valence-corrected chi connectivity index (χ3v) is 13.3. The molecule has 1 amide bonds. The molecule has 3 heterocycles. The molecule has 404 valence electrons.